The van der Waals surface area contributed by atoms with Gasteiger partial charge in [-0.1, -0.05) is 12.1 Å². The third-order valence-electron chi connectivity index (χ3n) is 2.53. The summed E-state index contributed by atoms with van der Waals surface area (Å²) in [5.41, 5.74) is -0.324. The summed E-state index contributed by atoms with van der Waals surface area (Å²) in [6, 6.07) is 6.83. The quantitative estimate of drug-likeness (QED) is 0.917. The van der Waals surface area contributed by atoms with E-state index in [1.54, 1.807) is 0 Å². The fourth-order valence-electron chi connectivity index (χ4n) is 1.61. The second-order valence-corrected chi connectivity index (χ2v) is 5.70. The number of halogens is 2. The maximum atomic E-state index is 13.5. The van der Waals surface area contributed by atoms with Crippen LogP contribution < -0.4 is 9.83 Å². The van der Waals surface area contributed by atoms with Gasteiger partial charge in [-0.15, -0.1) is 0 Å². The van der Waals surface area contributed by atoms with Crippen molar-refractivity contribution in [1.29, 1.82) is 0 Å². The number of carboxylic acids is 1. The molecule has 0 radical (unpaired) electrons. The molecule has 0 spiro atoms. The fraction of sp³-hybridized carbons (Fsp3) is 0. The lowest BCUT2D eigenvalue weighted by atomic mass is 10.2. The zero-order valence-electron chi connectivity index (χ0n) is 10.3. The minimum atomic E-state index is -4.31. The van der Waals surface area contributed by atoms with Crippen LogP contribution in [0.3, 0.4) is 0 Å². The van der Waals surface area contributed by atoms with Crippen molar-refractivity contribution >= 4 is 21.7 Å². The summed E-state index contributed by atoms with van der Waals surface area (Å²) in [5, 5.41) is 10.7. The van der Waals surface area contributed by atoms with E-state index in [1.165, 1.54) is 18.2 Å². The predicted molar refractivity (Wildman–Crippen MR) is 67.9 cm³/mol. The highest BCUT2D eigenvalue weighted by Gasteiger charge is 2.19. The highest BCUT2D eigenvalue weighted by Crippen LogP contribution is 2.20. The molecule has 0 unspecified atom stereocenters. The molecule has 0 saturated heterocycles. The minimum absolute atomic E-state index is 0.0829. The Hall–Kier alpha value is -2.48. The smallest absolute Gasteiger partial charge is 0.264 e. The van der Waals surface area contributed by atoms with Crippen molar-refractivity contribution < 1.29 is 27.1 Å². The first-order chi connectivity index (χ1) is 9.79. The van der Waals surface area contributed by atoms with E-state index in [9.17, 15) is 27.1 Å². The number of nitrogens with one attached hydrogen (secondary N) is 1. The van der Waals surface area contributed by atoms with Crippen LogP contribution in [0.2, 0.25) is 0 Å². The van der Waals surface area contributed by atoms with Crippen molar-refractivity contribution in [2.75, 3.05) is 4.72 Å². The van der Waals surface area contributed by atoms with Crippen LogP contribution in [0.25, 0.3) is 0 Å². The Bertz CT molecular complexity index is 806. The molecule has 2 aromatic rings. The normalized spacial score (nSPS) is 11.1. The Labute approximate surface area is 118 Å². The van der Waals surface area contributed by atoms with Crippen molar-refractivity contribution in [1.82, 2.24) is 0 Å². The number of carbonyl (C=O) groups excluding carboxylic acids is 1. The lowest BCUT2D eigenvalue weighted by Gasteiger charge is -2.10. The van der Waals surface area contributed by atoms with Crippen LogP contribution in [0.1, 0.15) is 10.4 Å². The Morgan fingerprint density at radius 1 is 1.10 bits per heavy atom. The first-order valence-electron chi connectivity index (χ1n) is 5.59. The van der Waals surface area contributed by atoms with E-state index in [2.05, 4.69) is 0 Å². The standard InChI is InChI=1S/C13H9F2NO4S/c14-9-4-5-12(11(15)7-9)21(19,20)16-10-3-1-2-8(6-10)13(17)18/h1-7,16H,(H,17,18)/p-1. The van der Waals surface area contributed by atoms with Crippen LogP contribution in [0.4, 0.5) is 14.5 Å². The average molecular weight is 312 g/mol. The molecule has 21 heavy (non-hydrogen) atoms. The number of carboxylic acid groups (broad SMARTS) is 1. The van der Waals surface area contributed by atoms with Gasteiger partial charge in [0.25, 0.3) is 10.0 Å². The van der Waals surface area contributed by atoms with E-state index in [1.807, 2.05) is 4.72 Å². The van der Waals surface area contributed by atoms with E-state index >= 15 is 0 Å². The Morgan fingerprint density at radius 2 is 1.81 bits per heavy atom. The maximum Gasteiger partial charge on any atom is 0.264 e. The molecule has 0 saturated carbocycles. The number of rotatable bonds is 4. The van der Waals surface area contributed by atoms with E-state index in [0.717, 1.165) is 18.2 Å². The largest absolute Gasteiger partial charge is 0.545 e. The van der Waals surface area contributed by atoms with Crippen LogP contribution >= 0.6 is 0 Å². The number of benzene rings is 2. The SMILES string of the molecule is O=C([O-])c1cccc(NS(=O)(=O)c2ccc(F)cc2F)c1. The number of hydrogen-bond acceptors (Lipinski definition) is 4. The molecule has 110 valence electrons. The molecule has 0 aliphatic heterocycles. The Balaban J connectivity index is 2.37. The second-order valence-electron chi connectivity index (χ2n) is 4.05. The van der Waals surface area contributed by atoms with E-state index in [4.69, 9.17) is 0 Å². The lowest BCUT2D eigenvalue weighted by Crippen LogP contribution is -2.22. The molecule has 0 aliphatic carbocycles. The summed E-state index contributed by atoms with van der Waals surface area (Å²) in [6.07, 6.45) is 0. The summed E-state index contributed by atoms with van der Waals surface area (Å²) in [6.45, 7) is 0. The summed E-state index contributed by atoms with van der Waals surface area (Å²) < 4.78 is 52.2. The molecule has 0 aromatic heterocycles. The number of carbonyl (C=O) groups is 1. The van der Waals surface area contributed by atoms with Crippen molar-refractivity contribution in [2.24, 2.45) is 0 Å². The fourth-order valence-corrected chi connectivity index (χ4v) is 2.72. The maximum absolute atomic E-state index is 13.5. The number of sulfonamides is 1. The molecular formula is C13H8F2NO4S-. The summed E-state index contributed by atoms with van der Waals surface area (Å²) in [5.74, 6) is -3.65. The predicted octanol–water partition coefficient (Wildman–Crippen LogP) is 1.13. The van der Waals surface area contributed by atoms with Crippen LogP contribution in [0.15, 0.2) is 47.4 Å². The molecule has 8 heteroatoms. The van der Waals surface area contributed by atoms with Crippen LogP contribution in [-0.4, -0.2) is 14.4 Å². The van der Waals surface area contributed by atoms with Crippen LogP contribution in [-0.2, 0) is 10.0 Å². The van der Waals surface area contributed by atoms with Gasteiger partial charge in [0.15, 0.2) is 0 Å². The van der Waals surface area contributed by atoms with Gasteiger partial charge in [0, 0.05) is 11.8 Å². The summed E-state index contributed by atoms with van der Waals surface area (Å²) >= 11 is 0. The van der Waals surface area contributed by atoms with Crippen molar-refractivity contribution in [2.45, 2.75) is 4.90 Å². The Kier molecular flexibility index (Phi) is 3.90. The highest BCUT2D eigenvalue weighted by atomic mass is 32.2. The van der Waals surface area contributed by atoms with Crippen molar-refractivity contribution in [3.8, 4) is 0 Å². The molecule has 0 aliphatic rings. The van der Waals surface area contributed by atoms with E-state index < -0.39 is 32.5 Å². The lowest BCUT2D eigenvalue weighted by molar-refractivity contribution is -0.255. The molecule has 0 heterocycles. The van der Waals surface area contributed by atoms with Crippen molar-refractivity contribution in [3.63, 3.8) is 0 Å². The van der Waals surface area contributed by atoms with Gasteiger partial charge in [-0.25, -0.2) is 17.2 Å². The van der Waals surface area contributed by atoms with Gasteiger partial charge >= 0.3 is 0 Å². The van der Waals surface area contributed by atoms with Gasteiger partial charge in [0.05, 0.1) is 5.97 Å². The minimum Gasteiger partial charge on any atom is -0.545 e. The topological polar surface area (TPSA) is 86.3 Å². The van der Waals surface area contributed by atoms with Gasteiger partial charge < -0.3 is 9.90 Å². The zero-order valence-corrected chi connectivity index (χ0v) is 11.2. The monoisotopic (exact) mass is 312 g/mol. The number of hydrogen-bond donors (Lipinski definition) is 1. The molecular weight excluding hydrogens is 304 g/mol. The molecule has 0 fully saturated rings. The molecule has 2 rings (SSSR count). The third kappa shape index (κ3) is 3.34. The first-order valence-corrected chi connectivity index (χ1v) is 7.07. The van der Waals surface area contributed by atoms with Gasteiger partial charge in [-0.05, 0) is 29.8 Å². The van der Waals surface area contributed by atoms with Gasteiger partial charge in [0.2, 0.25) is 0 Å². The van der Waals surface area contributed by atoms with Crippen LogP contribution in [0, 0.1) is 11.6 Å². The van der Waals surface area contributed by atoms with Gasteiger partial charge in [-0.3, -0.25) is 4.72 Å². The third-order valence-corrected chi connectivity index (χ3v) is 3.95. The van der Waals surface area contributed by atoms with Gasteiger partial charge in [-0.2, -0.15) is 0 Å². The molecule has 2 aromatic carbocycles. The summed E-state index contributed by atoms with van der Waals surface area (Å²) in [4.78, 5) is 9.94. The van der Waals surface area contributed by atoms with Gasteiger partial charge in [0.1, 0.15) is 16.5 Å². The van der Waals surface area contributed by atoms with E-state index in [-0.39, 0.29) is 11.3 Å². The van der Waals surface area contributed by atoms with E-state index in [0.29, 0.717) is 6.07 Å². The first kappa shape index (κ1) is 14.9. The second kappa shape index (κ2) is 5.49. The molecule has 0 bridgehead atoms. The number of aromatic carboxylic acids is 1. The molecule has 1 N–H and O–H groups in total. The molecule has 5 nitrogen and oxygen atoms in total. The highest BCUT2D eigenvalue weighted by molar-refractivity contribution is 7.92. The summed E-state index contributed by atoms with van der Waals surface area (Å²) in [7, 11) is -4.31. The van der Waals surface area contributed by atoms with Crippen LogP contribution in [0.5, 0.6) is 0 Å². The zero-order chi connectivity index (χ0) is 15.6. The Morgan fingerprint density at radius 3 is 2.43 bits per heavy atom. The number of anilines is 1. The molecule has 0 amide bonds. The molecule has 0 atom stereocenters. The average Bonchev–Trinajstić information content (AvgIpc) is 2.37. The van der Waals surface area contributed by atoms with Crippen molar-refractivity contribution in [3.05, 3.63) is 59.7 Å².